The van der Waals surface area contributed by atoms with E-state index in [9.17, 15) is 9.90 Å². The number of primary amides is 1. The molecule has 2 aliphatic rings. The van der Waals surface area contributed by atoms with E-state index in [4.69, 9.17) is 38.9 Å². The zero-order valence-electron chi connectivity index (χ0n) is 20.2. The topological polar surface area (TPSA) is 131 Å². The minimum absolute atomic E-state index is 0.0625. The van der Waals surface area contributed by atoms with Crippen LogP contribution in [-0.2, 0) is 4.79 Å². The molecular formula is C25H31Cl2N7O2. The van der Waals surface area contributed by atoms with Gasteiger partial charge >= 0.3 is 0 Å². The fourth-order valence-electron chi connectivity index (χ4n) is 5.51. The molecule has 2 aliphatic carbocycles. The number of nitrogens with one attached hydrogen (secondary N) is 2. The molecule has 36 heavy (non-hydrogen) atoms. The summed E-state index contributed by atoms with van der Waals surface area (Å²) in [6.07, 6.45) is 7.99. The van der Waals surface area contributed by atoms with Crippen LogP contribution in [0.15, 0.2) is 24.4 Å². The number of hydrogen-bond acceptors (Lipinski definition) is 7. The number of rotatable bonds is 6. The summed E-state index contributed by atoms with van der Waals surface area (Å²) in [4.78, 5) is 25.9. The van der Waals surface area contributed by atoms with Crippen molar-refractivity contribution in [2.24, 2.45) is 11.7 Å². The first kappa shape index (κ1) is 25.0. The molecule has 2 fully saturated rings. The Morgan fingerprint density at radius 1 is 1.17 bits per heavy atom. The number of carbonyl (C=O) groups is 1. The van der Waals surface area contributed by atoms with Crippen LogP contribution in [0.2, 0.25) is 10.0 Å². The monoisotopic (exact) mass is 531 g/mol. The summed E-state index contributed by atoms with van der Waals surface area (Å²) in [5.74, 6) is 0.702. The van der Waals surface area contributed by atoms with Gasteiger partial charge in [0.05, 0.1) is 27.5 Å². The molecule has 0 radical (unpaired) electrons. The summed E-state index contributed by atoms with van der Waals surface area (Å²) >= 11 is 12.9. The zero-order chi connectivity index (χ0) is 25.4. The Morgan fingerprint density at radius 3 is 2.56 bits per heavy atom. The molecule has 0 saturated heterocycles. The molecule has 3 aromatic rings. The first-order valence-electron chi connectivity index (χ1n) is 12.4. The van der Waals surface area contributed by atoms with Crippen LogP contribution in [0.25, 0.3) is 11.2 Å². The predicted molar refractivity (Wildman–Crippen MR) is 142 cm³/mol. The third-order valence-electron chi connectivity index (χ3n) is 7.38. The number of anilines is 3. The number of carbonyl (C=O) groups excluding carboxylic acids is 1. The lowest BCUT2D eigenvalue weighted by atomic mass is 9.83. The quantitative estimate of drug-likeness (QED) is 0.343. The number of fused-ring (bicyclic) bond motifs is 1. The van der Waals surface area contributed by atoms with Crippen molar-refractivity contribution < 1.29 is 9.90 Å². The van der Waals surface area contributed by atoms with Gasteiger partial charge in [-0.3, -0.25) is 9.36 Å². The number of benzene rings is 1. The Labute approximate surface area is 219 Å². The molecule has 2 atom stereocenters. The Morgan fingerprint density at radius 2 is 1.89 bits per heavy atom. The van der Waals surface area contributed by atoms with E-state index in [0.29, 0.717) is 58.1 Å². The summed E-state index contributed by atoms with van der Waals surface area (Å²) in [5.41, 5.74) is 6.77. The van der Waals surface area contributed by atoms with Gasteiger partial charge < -0.3 is 21.5 Å². The van der Waals surface area contributed by atoms with Crippen LogP contribution in [0.5, 0.6) is 0 Å². The Balaban J connectivity index is 1.51. The van der Waals surface area contributed by atoms with E-state index in [1.165, 1.54) is 0 Å². The molecule has 11 heteroatoms. The number of hydrogen-bond donors (Lipinski definition) is 4. The predicted octanol–water partition coefficient (Wildman–Crippen LogP) is 5.20. The van der Waals surface area contributed by atoms with Gasteiger partial charge in [-0.2, -0.15) is 4.98 Å². The Bertz CT molecular complexity index is 1250. The molecule has 2 saturated carbocycles. The molecule has 0 aliphatic heterocycles. The number of aliphatic hydroxyl groups is 1. The van der Waals surface area contributed by atoms with Crippen LogP contribution in [0.1, 0.15) is 64.3 Å². The minimum Gasteiger partial charge on any atom is -0.390 e. The van der Waals surface area contributed by atoms with E-state index in [1.54, 1.807) is 24.4 Å². The van der Waals surface area contributed by atoms with Gasteiger partial charge in [0, 0.05) is 18.0 Å². The van der Waals surface area contributed by atoms with Crippen molar-refractivity contribution in [1.29, 1.82) is 0 Å². The molecule has 2 aromatic heterocycles. The molecule has 9 nitrogen and oxygen atoms in total. The number of amides is 1. The van der Waals surface area contributed by atoms with Gasteiger partial charge in [-0.1, -0.05) is 29.3 Å². The van der Waals surface area contributed by atoms with E-state index in [-0.39, 0.29) is 23.9 Å². The summed E-state index contributed by atoms with van der Waals surface area (Å²) in [6, 6.07) is 5.47. The fourth-order valence-corrected chi connectivity index (χ4v) is 6.00. The number of nitrogens with two attached hydrogens (primary N) is 1. The molecule has 0 bridgehead atoms. The molecular weight excluding hydrogens is 501 g/mol. The highest BCUT2D eigenvalue weighted by molar-refractivity contribution is 6.39. The van der Waals surface area contributed by atoms with Crippen LogP contribution in [0.4, 0.5) is 17.6 Å². The van der Waals surface area contributed by atoms with Gasteiger partial charge in [-0.05, 0) is 70.4 Å². The van der Waals surface area contributed by atoms with E-state index >= 15 is 0 Å². The van der Waals surface area contributed by atoms with E-state index in [1.807, 2.05) is 6.92 Å². The van der Waals surface area contributed by atoms with Gasteiger partial charge in [0.15, 0.2) is 5.65 Å². The first-order valence-corrected chi connectivity index (χ1v) is 13.2. The highest BCUT2D eigenvalue weighted by Gasteiger charge is 2.31. The maximum Gasteiger partial charge on any atom is 0.224 e. The standard InChI is InChI=1S/C25H31Cl2N7O2/c1-25(36)11-3-4-15(12-25)30-23-29-13-19-22(33-23)34(16-9-7-14(8-10-16)21(28)35)24(31-19)32-20-17(26)5-2-6-18(20)27/h2,5-6,13-16,36H,3-4,7-12H2,1H3,(H2,28,35)(H,31,32)(H,29,30,33)/t14?,15-,16?,25-/m0/s1. The third-order valence-corrected chi connectivity index (χ3v) is 8.01. The third kappa shape index (κ3) is 5.23. The van der Waals surface area contributed by atoms with Crippen LogP contribution < -0.4 is 16.4 Å². The Hall–Kier alpha value is -2.62. The van der Waals surface area contributed by atoms with Crippen LogP contribution in [-0.4, -0.2) is 42.2 Å². The van der Waals surface area contributed by atoms with Crippen LogP contribution in [0.3, 0.4) is 0 Å². The normalized spacial score (nSPS) is 26.6. The zero-order valence-corrected chi connectivity index (χ0v) is 21.7. The van der Waals surface area contributed by atoms with Crippen molar-refractivity contribution in [3.8, 4) is 0 Å². The lowest BCUT2D eigenvalue weighted by molar-refractivity contribution is -0.122. The summed E-state index contributed by atoms with van der Waals surface area (Å²) < 4.78 is 2.07. The minimum atomic E-state index is -0.688. The summed E-state index contributed by atoms with van der Waals surface area (Å²) in [6.45, 7) is 1.88. The second-order valence-electron chi connectivity index (χ2n) is 10.3. The van der Waals surface area contributed by atoms with Crippen molar-refractivity contribution in [2.75, 3.05) is 10.6 Å². The number of aromatic nitrogens is 4. The van der Waals surface area contributed by atoms with E-state index in [0.717, 1.165) is 32.1 Å². The maximum atomic E-state index is 11.7. The van der Waals surface area contributed by atoms with Gasteiger partial charge in [-0.25, -0.2) is 9.97 Å². The van der Waals surface area contributed by atoms with Crippen molar-refractivity contribution >= 4 is 57.9 Å². The molecule has 1 aromatic carbocycles. The average molecular weight is 532 g/mol. The van der Waals surface area contributed by atoms with Crippen molar-refractivity contribution in [2.45, 2.75) is 76.0 Å². The lowest BCUT2D eigenvalue weighted by Crippen LogP contribution is -2.38. The maximum absolute atomic E-state index is 11.7. The van der Waals surface area contributed by atoms with E-state index < -0.39 is 5.60 Å². The molecule has 192 valence electrons. The lowest BCUT2D eigenvalue weighted by Gasteiger charge is -2.34. The second kappa shape index (κ2) is 10.0. The second-order valence-corrected chi connectivity index (χ2v) is 11.1. The van der Waals surface area contributed by atoms with Gasteiger partial charge in [-0.15, -0.1) is 0 Å². The summed E-state index contributed by atoms with van der Waals surface area (Å²) in [7, 11) is 0. The molecule has 0 spiro atoms. The highest BCUT2D eigenvalue weighted by Crippen LogP contribution is 2.39. The van der Waals surface area contributed by atoms with Crippen molar-refractivity contribution in [3.05, 3.63) is 34.4 Å². The molecule has 1 amide bonds. The van der Waals surface area contributed by atoms with Crippen LogP contribution in [0, 0.1) is 5.92 Å². The fraction of sp³-hybridized carbons (Fsp3) is 0.520. The SMILES string of the molecule is C[C@]1(O)CCC[C@H](Nc2ncc3nc(Nc4c(Cl)cccc4Cl)n(C4CCC(C(N)=O)CC4)c3n2)C1. The number of imidazole rings is 1. The number of para-hydroxylation sites is 1. The van der Waals surface area contributed by atoms with Gasteiger partial charge in [0.2, 0.25) is 17.8 Å². The van der Waals surface area contributed by atoms with E-state index in [2.05, 4.69) is 20.2 Å². The first-order chi connectivity index (χ1) is 17.2. The van der Waals surface area contributed by atoms with Gasteiger partial charge in [0.25, 0.3) is 0 Å². The molecule has 0 unspecified atom stereocenters. The largest absolute Gasteiger partial charge is 0.390 e. The smallest absolute Gasteiger partial charge is 0.224 e. The summed E-state index contributed by atoms with van der Waals surface area (Å²) in [5, 5.41) is 18.2. The van der Waals surface area contributed by atoms with Crippen molar-refractivity contribution in [1.82, 2.24) is 19.5 Å². The van der Waals surface area contributed by atoms with Crippen LogP contribution >= 0.6 is 23.2 Å². The molecule has 5 N–H and O–H groups in total. The molecule has 2 heterocycles. The van der Waals surface area contributed by atoms with Gasteiger partial charge in [0.1, 0.15) is 5.52 Å². The Kier molecular flexibility index (Phi) is 6.98. The molecule has 5 rings (SSSR count). The highest BCUT2D eigenvalue weighted by atomic mass is 35.5. The average Bonchev–Trinajstić information content (AvgIpc) is 3.18. The number of nitrogens with zero attached hydrogens (tertiary/aromatic N) is 4. The van der Waals surface area contributed by atoms with Crippen molar-refractivity contribution in [3.63, 3.8) is 0 Å². The number of halogens is 2.